The third-order valence-electron chi connectivity index (χ3n) is 2.77. The Balaban J connectivity index is 2.17. The van der Waals surface area contributed by atoms with E-state index in [2.05, 4.69) is 15.6 Å². The predicted molar refractivity (Wildman–Crippen MR) is 64.2 cm³/mol. The number of rotatable bonds is 3. The average Bonchev–Trinajstić information content (AvgIpc) is 2.68. The molecule has 0 aliphatic rings. The fourth-order valence-corrected chi connectivity index (χ4v) is 1.60. The number of hydrogen-bond acceptors (Lipinski definition) is 3. The minimum absolute atomic E-state index is 0.00213. The van der Waals surface area contributed by atoms with Gasteiger partial charge in [0.1, 0.15) is 11.6 Å². The SMILES string of the molecule is Cc1ccc(C(C)Nc2cnnn2C)cc1F. The summed E-state index contributed by atoms with van der Waals surface area (Å²) >= 11 is 0. The maximum Gasteiger partial charge on any atom is 0.144 e. The van der Waals surface area contributed by atoms with E-state index in [4.69, 9.17) is 0 Å². The fourth-order valence-electron chi connectivity index (χ4n) is 1.60. The topological polar surface area (TPSA) is 42.7 Å². The van der Waals surface area contributed by atoms with E-state index in [1.807, 2.05) is 13.0 Å². The van der Waals surface area contributed by atoms with Crippen LogP contribution in [0.25, 0.3) is 0 Å². The second kappa shape index (κ2) is 4.53. The number of anilines is 1. The molecular formula is C12H15FN4. The first-order valence-electron chi connectivity index (χ1n) is 5.45. The van der Waals surface area contributed by atoms with Crippen LogP contribution in [-0.4, -0.2) is 15.0 Å². The van der Waals surface area contributed by atoms with Gasteiger partial charge in [0, 0.05) is 7.05 Å². The number of hydrogen-bond donors (Lipinski definition) is 1. The second-order valence-electron chi connectivity index (χ2n) is 4.12. The Morgan fingerprint density at radius 2 is 2.18 bits per heavy atom. The first-order valence-corrected chi connectivity index (χ1v) is 5.45. The molecule has 0 radical (unpaired) electrons. The van der Waals surface area contributed by atoms with Crippen LogP contribution in [0.2, 0.25) is 0 Å². The second-order valence-corrected chi connectivity index (χ2v) is 4.12. The van der Waals surface area contributed by atoms with Gasteiger partial charge in [0.15, 0.2) is 0 Å². The summed E-state index contributed by atoms with van der Waals surface area (Å²) in [5, 5.41) is 10.8. The standard InChI is InChI=1S/C12H15FN4/c1-8-4-5-10(6-11(8)13)9(2)15-12-7-14-16-17(12)3/h4-7,9,15H,1-3H3. The molecule has 0 fully saturated rings. The zero-order chi connectivity index (χ0) is 12.4. The third-order valence-corrected chi connectivity index (χ3v) is 2.77. The molecule has 0 aliphatic heterocycles. The molecule has 0 saturated carbocycles. The summed E-state index contributed by atoms with van der Waals surface area (Å²) in [6.45, 7) is 3.72. The summed E-state index contributed by atoms with van der Waals surface area (Å²) in [5.41, 5.74) is 1.55. The highest BCUT2D eigenvalue weighted by Gasteiger charge is 2.09. The van der Waals surface area contributed by atoms with Crippen molar-refractivity contribution in [1.82, 2.24) is 15.0 Å². The smallest absolute Gasteiger partial charge is 0.144 e. The van der Waals surface area contributed by atoms with E-state index < -0.39 is 0 Å². The summed E-state index contributed by atoms with van der Waals surface area (Å²) < 4.78 is 15.1. The van der Waals surface area contributed by atoms with Gasteiger partial charge >= 0.3 is 0 Å². The Kier molecular flexibility index (Phi) is 3.08. The Morgan fingerprint density at radius 3 is 2.76 bits per heavy atom. The Morgan fingerprint density at radius 1 is 1.41 bits per heavy atom. The van der Waals surface area contributed by atoms with E-state index >= 15 is 0 Å². The van der Waals surface area contributed by atoms with Gasteiger partial charge in [-0.1, -0.05) is 17.3 Å². The van der Waals surface area contributed by atoms with Crippen LogP contribution in [0.4, 0.5) is 10.2 Å². The summed E-state index contributed by atoms with van der Waals surface area (Å²) in [7, 11) is 1.80. The maximum absolute atomic E-state index is 13.4. The van der Waals surface area contributed by atoms with E-state index in [1.54, 1.807) is 37.0 Å². The van der Waals surface area contributed by atoms with Crippen LogP contribution in [0.1, 0.15) is 24.1 Å². The highest BCUT2D eigenvalue weighted by Crippen LogP contribution is 2.20. The van der Waals surface area contributed by atoms with Crippen LogP contribution in [0.5, 0.6) is 0 Å². The van der Waals surface area contributed by atoms with E-state index in [1.165, 1.54) is 0 Å². The van der Waals surface area contributed by atoms with Gasteiger partial charge in [-0.05, 0) is 31.0 Å². The van der Waals surface area contributed by atoms with Crippen LogP contribution >= 0.6 is 0 Å². The Hall–Kier alpha value is -1.91. The van der Waals surface area contributed by atoms with Crippen LogP contribution in [0, 0.1) is 12.7 Å². The molecular weight excluding hydrogens is 219 g/mol. The molecule has 1 atom stereocenters. The van der Waals surface area contributed by atoms with Crippen molar-refractivity contribution >= 4 is 5.82 Å². The summed E-state index contributed by atoms with van der Waals surface area (Å²) in [6.07, 6.45) is 1.64. The van der Waals surface area contributed by atoms with Gasteiger partial charge in [-0.15, -0.1) is 5.10 Å². The Labute approximate surface area is 99.5 Å². The predicted octanol–water partition coefficient (Wildman–Crippen LogP) is 2.44. The van der Waals surface area contributed by atoms with Gasteiger partial charge in [0.05, 0.1) is 12.2 Å². The normalized spacial score (nSPS) is 12.5. The van der Waals surface area contributed by atoms with Crippen molar-refractivity contribution in [2.24, 2.45) is 7.05 Å². The lowest BCUT2D eigenvalue weighted by Gasteiger charge is -2.15. The lowest BCUT2D eigenvalue weighted by Crippen LogP contribution is -2.10. The van der Waals surface area contributed by atoms with Gasteiger partial charge in [0.25, 0.3) is 0 Å². The summed E-state index contributed by atoms with van der Waals surface area (Å²) in [4.78, 5) is 0. The minimum atomic E-state index is -0.181. The van der Waals surface area contributed by atoms with E-state index in [9.17, 15) is 4.39 Å². The van der Waals surface area contributed by atoms with E-state index in [0.29, 0.717) is 5.56 Å². The number of halogens is 1. The van der Waals surface area contributed by atoms with Gasteiger partial charge in [-0.25, -0.2) is 9.07 Å². The van der Waals surface area contributed by atoms with Crippen molar-refractivity contribution < 1.29 is 4.39 Å². The molecule has 2 aromatic rings. The van der Waals surface area contributed by atoms with Gasteiger partial charge in [-0.3, -0.25) is 0 Å². The van der Waals surface area contributed by atoms with E-state index in [0.717, 1.165) is 11.4 Å². The molecule has 17 heavy (non-hydrogen) atoms. The highest BCUT2D eigenvalue weighted by molar-refractivity contribution is 5.36. The third kappa shape index (κ3) is 2.43. The zero-order valence-corrected chi connectivity index (χ0v) is 10.1. The number of benzene rings is 1. The molecule has 1 aromatic carbocycles. The molecule has 4 nitrogen and oxygen atoms in total. The van der Waals surface area contributed by atoms with Gasteiger partial charge < -0.3 is 5.32 Å². The van der Waals surface area contributed by atoms with Crippen molar-refractivity contribution in [3.8, 4) is 0 Å². The minimum Gasteiger partial charge on any atom is -0.362 e. The molecule has 90 valence electrons. The number of aromatic nitrogens is 3. The molecule has 0 saturated heterocycles. The Bertz CT molecular complexity index is 521. The first kappa shape index (κ1) is 11.6. The molecule has 5 heteroatoms. The first-order chi connectivity index (χ1) is 8.08. The van der Waals surface area contributed by atoms with Crippen molar-refractivity contribution in [1.29, 1.82) is 0 Å². The molecule has 0 bridgehead atoms. The lowest BCUT2D eigenvalue weighted by atomic mass is 10.1. The maximum atomic E-state index is 13.4. The van der Waals surface area contributed by atoms with Crippen molar-refractivity contribution in [3.05, 3.63) is 41.3 Å². The van der Waals surface area contributed by atoms with Crippen molar-refractivity contribution in [3.63, 3.8) is 0 Å². The molecule has 1 aromatic heterocycles. The number of aryl methyl sites for hydroxylation is 2. The summed E-state index contributed by atoms with van der Waals surface area (Å²) in [5.74, 6) is 0.623. The van der Waals surface area contributed by atoms with Crippen LogP contribution in [0.15, 0.2) is 24.4 Å². The number of nitrogens with zero attached hydrogens (tertiary/aromatic N) is 3. The molecule has 0 amide bonds. The molecule has 2 rings (SSSR count). The molecule has 1 N–H and O–H groups in total. The van der Waals surface area contributed by atoms with Gasteiger partial charge in [0.2, 0.25) is 0 Å². The fraction of sp³-hybridized carbons (Fsp3) is 0.333. The molecule has 1 heterocycles. The summed E-state index contributed by atoms with van der Waals surface area (Å²) in [6, 6.07) is 5.25. The number of nitrogens with one attached hydrogen (secondary N) is 1. The quantitative estimate of drug-likeness (QED) is 0.887. The lowest BCUT2D eigenvalue weighted by molar-refractivity contribution is 0.614. The average molecular weight is 234 g/mol. The van der Waals surface area contributed by atoms with Crippen molar-refractivity contribution in [2.75, 3.05) is 5.32 Å². The van der Waals surface area contributed by atoms with Gasteiger partial charge in [-0.2, -0.15) is 0 Å². The highest BCUT2D eigenvalue weighted by atomic mass is 19.1. The van der Waals surface area contributed by atoms with Crippen molar-refractivity contribution in [2.45, 2.75) is 19.9 Å². The molecule has 1 unspecified atom stereocenters. The monoisotopic (exact) mass is 234 g/mol. The van der Waals surface area contributed by atoms with Crippen LogP contribution in [-0.2, 0) is 7.05 Å². The van der Waals surface area contributed by atoms with E-state index in [-0.39, 0.29) is 11.9 Å². The van der Waals surface area contributed by atoms with Crippen LogP contribution < -0.4 is 5.32 Å². The molecule has 0 aliphatic carbocycles. The zero-order valence-electron chi connectivity index (χ0n) is 10.1. The largest absolute Gasteiger partial charge is 0.362 e. The van der Waals surface area contributed by atoms with Crippen LogP contribution in [0.3, 0.4) is 0 Å². The molecule has 0 spiro atoms.